The summed E-state index contributed by atoms with van der Waals surface area (Å²) in [6, 6.07) is 9.08. The molecule has 8 nitrogen and oxygen atoms in total. The van der Waals surface area contributed by atoms with Crippen LogP contribution >= 0.6 is 0 Å². The zero-order valence-electron chi connectivity index (χ0n) is 11.9. The normalized spacial score (nSPS) is 11.1. The molecule has 23 heavy (non-hydrogen) atoms. The Morgan fingerprint density at radius 1 is 1.30 bits per heavy atom. The largest absolute Gasteiger partial charge is 0.343 e. The Bertz CT molecular complexity index is 1040. The highest BCUT2D eigenvalue weighted by molar-refractivity contribution is 5.93. The van der Waals surface area contributed by atoms with E-state index in [1.54, 1.807) is 6.20 Å². The highest BCUT2D eigenvalue weighted by Crippen LogP contribution is 2.10. The van der Waals surface area contributed by atoms with E-state index in [0.717, 1.165) is 11.0 Å². The zero-order chi connectivity index (χ0) is 15.8. The van der Waals surface area contributed by atoms with Gasteiger partial charge < -0.3 is 15.3 Å². The number of carbonyl (C=O) groups excluding carboxylic acids is 1. The number of rotatable bonds is 3. The number of nitrogens with one attached hydrogen (secondary N) is 3. The number of hydrogen-bond acceptors (Lipinski definition) is 4. The van der Waals surface area contributed by atoms with E-state index in [-0.39, 0.29) is 23.7 Å². The van der Waals surface area contributed by atoms with Gasteiger partial charge in [0.2, 0.25) is 0 Å². The van der Waals surface area contributed by atoms with Crippen LogP contribution in [0.3, 0.4) is 0 Å². The second-order valence-corrected chi connectivity index (χ2v) is 5.03. The molecule has 1 amide bonds. The van der Waals surface area contributed by atoms with E-state index in [0.29, 0.717) is 11.3 Å². The maximum Gasteiger partial charge on any atom is 0.273 e. The van der Waals surface area contributed by atoms with Crippen molar-refractivity contribution in [3.8, 4) is 0 Å². The van der Waals surface area contributed by atoms with E-state index in [4.69, 9.17) is 0 Å². The van der Waals surface area contributed by atoms with Gasteiger partial charge in [-0.1, -0.05) is 12.1 Å². The van der Waals surface area contributed by atoms with Crippen molar-refractivity contribution in [3.63, 3.8) is 0 Å². The lowest BCUT2D eigenvalue weighted by atomic mass is 10.3. The fraction of sp³-hybridized carbons (Fsp3) is 0.0667. The van der Waals surface area contributed by atoms with E-state index in [1.165, 1.54) is 16.8 Å². The van der Waals surface area contributed by atoms with Crippen LogP contribution in [0.25, 0.3) is 16.6 Å². The average Bonchev–Trinajstić information content (AvgIpc) is 3.17. The monoisotopic (exact) mass is 308 g/mol. The second-order valence-electron chi connectivity index (χ2n) is 5.03. The Kier molecular flexibility index (Phi) is 2.94. The van der Waals surface area contributed by atoms with Crippen molar-refractivity contribution in [2.24, 2.45) is 0 Å². The third-order valence-corrected chi connectivity index (χ3v) is 3.49. The van der Waals surface area contributed by atoms with Gasteiger partial charge in [0, 0.05) is 18.5 Å². The van der Waals surface area contributed by atoms with Crippen molar-refractivity contribution in [3.05, 3.63) is 64.6 Å². The lowest BCUT2D eigenvalue weighted by molar-refractivity contribution is 0.0944. The molecule has 0 aliphatic carbocycles. The molecule has 0 aliphatic heterocycles. The third kappa shape index (κ3) is 2.35. The predicted molar refractivity (Wildman–Crippen MR) is 83.1 cm³/mol. The number of hydrogen-bond donors (Lipinski definition) is 3. The first-order valence-corrected chi connectivity index (χ1v) is 6.99. The molecule has 0 bridgehead atoms. The molecule has 3 N–H and O–H groups in total. The number of H-pyrrole nitrogens is 2. The van der Waals surface area contributed by atoms with Crippen molar-refractivity contribution < 1.29 is 4.79 Å². The molecule has 114 valence electrons. The van der Waals surface area contributed by atoms with E-state index in [2.05, 4.69) is 25.4 Å². The molecule has 4 rings (SSSR count). The highest BCUT2D eigenvalue weighted by atomic mass is 16.2. The summed E-state index contributed by atoms with van der Waals surface area (Å²) in [7, 11) is 0. The van der Waals surface area contributed by atoms with Crippen molar-refractivity contribution >= 4 is 22.5 Å². The minimum Gasteiger partial charge on any atom is -0.343 e. The average molecular weight is 308 g/mol. The minimum atomic E-state index is -0.367. The van der Waals surface area contributed by atoms with Crippen LogP contribution in [0.5, 0.6) is 0 Å². The summed E-state index contributed by atoms with van der Waals surface area (Å²) in [4.78, 5) is 33.9. The molecule has 3 heterocycles. The topological polar surface area (TPSA) is 108 Å². The molecule has 1 aromatic carbocycles. The summed E-state index contributed by atoms with van der Waals surface area (Å²) in [5.74, 6) is 0.287. The number of amides is 1. The van der Waals surface area contributed by atoms with Crippen LogP contribution in [0.2, 0.25) is 0 Å². The SMILES string of the molecule is O=C(NCc1nc2ccccc2[nH]1)c1cc2c(=O)[nH]ccn2n1. The van der Waals surface area contributed by atoms with Crippen molar-refractivity contribution in [1.82, 2.24) is 29.9 Å². The van der Waals surface area contributed by atoms with Gasteiger partial charge in [0.15, 0.2) is 5.69 Å². The molecule has 0 atom stereocenters. The maximum absolute atomic E-state index is 12.2. The zero-order valence-corrected chi connectivity index (χ0v) is 11.9. The van der Waals surface area contributed by atoms with Gasteiger partial charge >= 0.3 is 0 Å². The minimum absolute atomic E-state index is 0.179. The van der Waals surface area contributed by atoms with Crippen LogP contribution in [0.4, 0.5) is 0 Å². The van der Waals surface area contributed by atoms with Crippen LogP contribution in [-0.2, 0) is 6.54 Å². The van der Waals surface area contributed by atoms with E-state index >= 15 is 0 Å². The highest BCUT2D eigenvalue weighted by Gasteiger charge is 2.13. The predicted octanol–water partition coefficient (Wildman–Crippen LogP) is 0.829. The fourth-order valence-electron chi connectivity index (χ4n) is 2.39. The van der Waals surface area contributed by atoms with Gasteiger partial charge in [0.05, 0.1) is 17.6 Å². The van der Waals surface area contributed by atoms with E-state index in [9.17, 15) is 9.59 Å². The Morgan fingerprint density at radius 3 is 3.00 bits per heavy atom. The number of fused-ring (bicyclic) bond motifs is 2. The van der Waals surface area contributed by atoms with Crippen molar-refractivity contribution in [1.29, 1.82) is 0 Å². The molecule has 3 aromatic heterocycles. The molecule has 0 saturated heterocycles. The van der Waals surface area contributed by atoms with Gasteiger partial charge in [0.1, 0.15) is 11.3 Å². The van der Waals surface area contributed by atoms with Gasteiger partial charge in [-0.25, -0.2) is 9.50 Å². The maximum atomic E-state index is 12.2. The number of para-hydroxylation sites is 2. The van der Waals surface area contributed by atoms with Crippen LogP contribution in [0.1, 0.15) is 16.3 Å². The lowest BCUT2D eigenvalue weighted by Crippen LogP contribution is -2.23. The Morgan fingerprint density at radius 2 is 2.17 bits per heavy atom. The molecule has 4 aromatic rings. The number of carbonyl (C=O) groups is 1. The van der Waals surface area contributed by atoms with E-state index in [1.807, 2.05) is 24.3 Å². The quantitative estimate of drug-likeness (QED) is 0.521. The summed E-state index contributed by atoms with van der Waals surface area (Å²) < 4.78 is 1.37. The smallest absolute Gasteiger partial charge is 0.273 e. The summed E-state index contributed by atoms with van der Waals surface area (Å²) in [6.07, 6.45) is 3.05. The first-order chi connectivity index (χ1) is 11.2. The molecule has 0 aliphatic rings. The lowest BCUT2D eigenvalue weighted by Gasteiger charge is -1.99. The van der Waals surface area contributed by atoms with Gasteiger partial charge in [-0.15, -0.1) is 0 Å². The van der Waals surface area contributed by atoms with Crippen LogP contribution in [-0.4, -0.2) is 30.5 Å². The molecule has 0 saturated carbocycles. The molecular weight excluding hydrogens is 296 g/mol. The first kappa shape index (κ1) is 13.3. The fourth-order valence-corrected chi connectivity index (χ4v) is 2.39. The van der Waals surface area contributed by atoms with E-state index < -0.39 is 0 Å². The number of aromatic amines is 2. The Labute approximate surface area is 129 Å². The van der Waals surface area contributed by atoms with Crippen molar-refractivity contribution in [2.45, 2.75) is 6.54 Å². The van der Waals surface area contributed by atoms with Gasteiger partial charge in [-0.05, 0) is 12.1 Å². The van der Waals surface area contributed by atoms with Crippen LogP contribution in [0.15, 0.2) is 47.5 Å². The molecule has 8 heteroatoms. The summed E-state index contributed by atoms with van der Waals surface area (Å²) in [5.41, 5.74) is 1.96. The Hall–Kier alpha value is -3.42. The third-order valence-electron chi connectivity index (χ3n) is 3.49. The summed E-state index contributed by atoms with van der Waals surface area (Å²) in [6.45, 7) is 0.248. The standard InChI is InChI=1S/C15H12N6O2/c22-14(11-7-12-15(23)16-5-6-21(12)20-11)17-8-13-18-9-3-1-2-4-10(9)19-13/h1-7H,8H2,(H,16,23)(H,17,22)(H,18,19). The number of aromatic nitrogens is 5. The van der Waals surface area contributed by atoms with Crippen molar-refractivity contribution in [2.75, 3.05) is 0 Å². The van der Waals surface area contributed by atoms with Crippen LogP contribution in [0, 0.1) is 0 Å². The first-order valence-electron chi connectivity index (χ1n) is 6.99. The molecule has 0 unspecified atom stereocenters. The molecular formula is C15H12N6O2. The van der Waals surface area contributed by atoms with Crippen LogP contribution < -0.4 is 10.9 Å². The summed E-state index contributed by atoms with van der Waals surface area (Å²) >= 11 is 0. The van der Waals surface area contributed by atoms with Gasteiger partial charge in [0.25, 0.3) is 11.5 Å². The van der Waals surface area contributed by atoms with Gasteiger partial charge in [-0.3, -0.25) is 9.59 Å². The molecule has 0 spiro atoms. The Balaban J connectivity index is 1.54. The molecule has 0 fully saturated rings. The summed E-state index contributed by atoms with van der Waals surface area (Å²) in [5, 5.41) is 6.82. The number of benzene rings is 1. The molecule has 0 radical (unpaired) electrons. The number of nitrogens with zero attached hydrogens (tertiary/aromatic N) is 3. The second kappa shape index (κ2) is 5.09. The number of imidazole rings is 1. The van der Waals surface area contributed by atoms with Gasteiger partial charge in [-0.2, -0.15) is 5.10 Å².